The highest BCUT2D eigenvalue weighted by molar-refractivity contribution is 6.05. The first-order chi connectivity index (χ1) is 24.0. The highest BCUT2D eigenvalue weighted by Crippen LogP contribution is 2.47. The van der Waals surface area contributed by atoms with Gasteiger partial charge in [0.25, 0.3) is 6.43 Å². The number of aliphatic carboxylic acids is 1. The van der Waals surface area contributed by atoms with Crippen LogP contribution in [0.25, 0.3) is 32.8 Å². The van der Waals surface area contributed by atoms with Gasteiger partial charge in [0.05, 0.1) is 12.2 Å². The van der Waals surface area contributed by atoms with Gasteiger partial charge in [0.2, 0.25) is 5.91 Å². The molecule has 50 heavy (non-hydrogen) atoms. The molecule has 1 amide bonds. The summed E-state index contributed by atoms with van der Waals surface area (Å²) in [7, 11) is 0. The first kappa shape index (κ1) is 35.7. The number of halogens is 5. The van der Waals surface area contributed by atoms with Gasteiger partial charge in [-0.15, -0.1) is 0 Å². The van der Waals surface area contributed by atoms with Crippen molar-refractivity contribution in [3.8, 4) is 11.3 Å². The number of alkyl halides is 5. The summed E-state index contributed by atoms with van der Waals surface area (Å²) in [5.74, 6) is -2.93. The molecule has 1 atom stereocenters. The number of aromatic nitrogens is 1. The SMILES string of the molecule is O=C(O)[C@H](Cc1cccc2c(-c3ncc(CCN4CCCCC4)c4ccccc34)cccc12)NC(=O)C1(C(F)(F)F)CCN(CC(F)F)CC1. The smallest absolute Gasteiger partial charge is 0.403 e. The predicted molar refractivity (Wildman–Crippen MR) is 182 cm³/mol. The van der Waals surface area contributed by atoms with Crippen LogP contribution >= 0.6 is 0 Å². The van der Waals surface area contributed by atoms with Crippen molar-refractivity contribution < 1.29 is 36.6 Å². The molecule has 2 aliphatic rings. The summed E-state index contributed by atoms with van der Waals surface area (Å²) in [6.45, 7) is 1.78. The van der Waals surface area contributed by atoms with Crippen molar-refractivity contribution in [2.75, 3.05) is 39.3 Å². The van der Waals surface area contributed by atoms with Gasteiger partial charge in [-0.1, -0.05) is 67.1 Å². The van der Waals surface area contributed by atoms with E-state index in [1.54, 1.807) is 12.1 Å². The zero-order chi connectivity index (χ0) is 35.5. The minimum atomic E-state index is -5.00. The molecule has 266 valence electrons. The number of hydrogen-bond acceptors (Lipinski definition) is 5. The molecule has 7 nitrogen and oxygen atoms in total. The van der Waals surface area contributed by atoms with Crippen LogP contribution in [0.2, 0.25) is 0 Å². The van der Waals surface area contributed by atoms with E-state index in [0.29, 0.717) is 10.9 Å². The maximum absolute atomic E-state index is 14.4. The summed E-state index contributed by atoms with van der Waals surface area (Å²) >= 11 is 0. The number of nitrogens with one attached hydrogen (secondary N) is 1. The van der Waals surface area contributed by atoms with E-state index >= 15 is 0 Å². The normalized spacial score (nSPS) is 18.0. The van der Waals surface area contributed by atoms with E-state index in [9.17, 15) is 36.6 Å². The standard InChI is InChI=1S/C38H41F5N4O3/c39-33(40)24-47-20-15-37(16-21-47,38(41,42)43)36(50)45-32(35(48)49)22-25-8-6-12-29-27(25)11-7-13-31(29)34-30-10-3-2-9-28(30)26(23-44-34)14-19-46-17-4-1-5-18-46/h2-3,6-13,23,32-33H,1,4-5,14-22,24H2,(H,45,50)(H,48,49)/t32-/m0/s1. The van der Waals surface area contributed by atoms with Crippen LogP contribution in [-0.4, -0.2) is 89.7 Å². The van der Waals surface area contributed by atoms with Crippen LogP contribution in [0.1, 0.15) is 43.2 Å². The third-order valence-electron chi connectivity index (χ3n) is 10.4. The van der Waals surface area contributed by atoms with Crippen molar-refractivity contribution >= 4 is 33.4 Å². The average Bonchev–Trinajstić information content (AvgIpc) is 3.10. The highest BCUT2D eigenvalue weighted by Gasteiger charge is 2.61. The van der Waals surface area contributed by atoms with Crippen LogP contribution in [-0.2, 0) is 22.4 Å². The largest absolute Gasteiger partial charge is 0.480 e. The minimum absolute atomic E-state index is 0.267. The molecule has 2 N–H and O–H groups in total. The Hall–Kier alpha value is -4.16. The van der Waals surface area contributed by atoms with E-state index in [2.05, 4.69) is 16.3 Å². The summed E-state index contributed by atoms with van der Waals surface area (Å²) in [6.07, 6.45) is -2.94. The second kappa shape index (κ2) is 15.0. The topological polar surface area (TPSA) is 85.8 Å². The van der Waals surface area contributed by atoms with E-state index < -0.39 is 55.3 Å². The molecule has 12 heteroatoms. The van der Waals surface area contributed by atoms with E-state index in [-0.39, 0.29) is 19.5 Å². The Balaban J connectivity index is 1.27. The lowest BCUT2D eigenvalue weighted by molar-refractivity contribution is -0.233. The molecule has 0 radical (unpaired) electrons. The Morgan fingerprint density at radius 2 is 1.46 bits per heavy atom. The van der Waals surface area contributed by atoms with E-state index in [4.69, 9.17) is 4.98 Å². The summed E-state index contributed by atoms with van der Waals surface area (Å²) in [6, 6.07) is 17.4. The number of carbonyl (C=O) groups is 2. The third-order valence-corrected chi connectivity index (χ3v) is 10.4. The number of pyridine rings is 1. The molecule has 2 fully saturated rings. The zero-order valence-corrected chi connectivity index (χ0v) is 27.7. The van der Waals surface area contributed by atoms with Crippen molar-refractivity contribution in [3.63, 3.8) is 0 Å². The second-order valence-corrected chi connectivity index (χ2v) is 13.5. The number of amides is 1. The molecule has 3 heterocycles. The predicted octanol–water partition coefficient (Wildman–Crippen LogP) is 7.10. The summed E-state index contributed by atoms with van der Waals surface area (Å²) < 4.78 is 69.0. The molecule has 0 aliphatic carbocycles. The van der Waals surface area contributed by atoms with Gasteiger partial charge in [-0.05, 0) is 85.6 Å². The van der Waals surface area contributed by atoms with Crippen molar-refractivity contribution in [1.82, 2.24) is 20.1 Å². The minimum Gasteiger partial charge on any atom is -0.480 e. The second-order valence-electron chi connectivity index (χ2n) is 13.5. The number of nitrogens with zero attached hydrogens (tertiary/aromatic N) is 3. The van der Waals surface area contributed by atoms with Crippen LogP contribution in [0.15, 0.2) is 66.9 Å². The van der Waals surface area contributed by atoms with Crippen molar-refractivity contribution in [3.05, 3.63) is 78.0 Å². The summed E-state index contributed by atoms with van der Waals surface area (Å²) in [5, 5.41) is 15.8. The molecule has 2 aliphatic heterocycles. The third kappa shape index (κ3) is 7.46. The number of carboxylic acids is 1. The molecule has 1 aromatic heterocycles. The summed E-state index contributed by atoms with van der Waals surface area (Å²) in [4.78, 5) is 34.3. The Morgan fingerprint density at radius 3 is 2.14 bits per heavy atom. The molecule has 0 spiro atoms. The van der Waals surface area contributed by atoms with Gasteiger partial charge in [-0.2, -0.15) is 13.2 Å². The fourth-order valence-electron chi connectivity index (χ4n) is 7.55. The monoisotopic (exact) mass is 696 g/mol. The fourth-order valence-corrected chi connectivity index (χ4v) is 7.55. The Bertz CT molecular complexity index is 1830. The number of hydrogen-bond donors (Lipinski definition) is 2. The van der Waals surface area contributed by atoms with Gasteiger partial charge < -0.3 is 15.3 Å². The molecular formula is C38H41F5N4O3. The van der Waals surface area contributed by atoms with Gasteiger partial charge >= 0.3 is 12.1 Å². The van der Waals surface area contributed by atoms with Gasteiger partial charge in [-0.25, -0.2) is 13.6 Å². The van der Waals surface area contributed by atoms with Gasteiger partial charge in [-0.3, -0.25) is 14.7 Å². The number of likely N-dealkylation sites (tertiary alicyclic amines) is 2. The quantitative estimate of drug-likeness (QED) is 0.163. The first-order valence-corrected chi connectivity index (χ1v) is 17.2. The van der Waals surface area contributed by atoms with Crippen LogP contribution in [0.4, 0.5) is 22.0 Å². The number of carboxylic acid groups (broad SMARTS) is 1. The Morgan fingerprint density at radius 1 is 0.820 bits per heavy atom. The van der Waals surface area contributed by atoms with Crippen molar-refractivity contribution in [2.24, 2.45) is 5.41 Å². The van der Waals surface area contributed by atoms with Crippen LogP contribution < -0.4 is 5.32 Å². The molecule has 2 saturated heterocycles. The molecule has 0 unspecified atom stereocenters. The number of rotatable bonds is 11. The van der Waals surface area contributed by atoms with Crippen molar-refractivity contribution in [1.29, 1.82) is 0 Å². The molecule has 4 aromatic rings. The lowest BCUT2D eigenvalue weighted by Gasteiger charge is -2.41. The van der Waals surface area contributed by atoms with E-state index in [1.807, 2.05) is 48.7 Å². The van der Waals surface area contributed by atoms with Crippen molar-refractivity contribution in [2.45, 2.75) is 63.6 Å². The van der Waals surface area contributed by atoms with Gasteiger partial charge in [0, 0.05) is 30.1 Å². The number of fused-ring (bicyclic) bond motifs is 2. The summed E-state index contributed by atoms with van der Waals surface area (Å²) in [5.41, 5.74) is 0.404. The highest BCUT2D eigenvalue weighted by atomic mass is 19.4. The lowest BCUT2D eigenvalue weighted by atomic mass is 9.76. The average molecular weight is 697 g/mol. The zero-order valence-electron chi connectivity index (χ0n) is 27.7. The molecule has 0 saturated carbocycles. The van der Waals surface area contributed by atoms with Crippen LogP contribution in [0.3, 0.4) is 0 Å². The molecular weight excluding hydrogens is 655 g/mol. The number of piperidine rings is 2. The number of benzene rings is 3. The Kier molecular flexibility index (Phi) is 10.7. The van der Waals surface area contributed by atoms with Crippen LogP contribution in [0, 0.1) is 5.41 Å². The fraction of sp³-hybridized carbons (Fsp3) is 0.447. The maximum Gasteiger partial charge on any atom is 0.403 e. The van der Waals surface area contributed by atoms with Gasteiger partial charge in [0.1, 0.15) is 11.5 Å². The number of carbonyl (C=O) groups excluding carboxylic acids is 1. The van der Waals surface area contributed by atoms with E-state index in [0.717, 1.165) is 59.0 Å². The first-order valence-electron chi connectivity index (χ1n) is 17.2. The van der Waals surface area contributed by atoms with E-state index in [1.165, 1.54) is 24.2 Å². The van der Waals surface area contributed by atoms with Gasteiger partial charge in [0.15, 0.2) is 0 Å². The maximum atomic E-state index is 14.4. The lowest BCUT2D eigenvalue weighted by Crippen LogP contribution is -2.59. The molecule has 3 aromatic carbocycles. The molecule has 6 rings (SSSR count). The Labute approximate surface area is 287 Å². The van der Waals surface area contributed by atoms with Crippen LogP contribution in [0.5, 0.6) is 0 Å². The molecule has 0 bridgehead atoms.